The van der Waals surface area contributed by atoms with Gasteiger partial charge in [0.05, 0.1) is 16.8 Å². The molecule has 3 N–H and O–H groups in total. The molecule has 0 unspecified atom stereocenters. The summed E-state index contributed by atoms with van der Waals surface area (Å²) >= 11 is 1.08. The van der Waals surface area contributed by atoms with Crippen LogP contribution in [0.2, 0.25) is 0 Å². The Morgan fingerprint density at radius 1 is 1.10 bits per heavy atom. The number of aromatic nitrogens is 2. The van der Waals surface area contributed by atoms with E-state index in [1.54, 1.807) is 18.2 Å². The fourth-order valence-corrected chi connectivity index (χ4v) is 4.67. The van der Waals surface area contributed by atoms with Crippen molar-refractivity contribution in [1.82, 2.24) is 9.97 Å². The van der Waals surface area contributed by atoms with Gasteiger partial charge < -0.3 is 11.1 Å². The number of anilines is 2. The molecule has 0 radical (unpaired) electrons. The van der Waals surface area contributed by atoms with Crippen LogP contribution in [0.4, 0.5) is 11.5 Å². The normalized spacial score (nSPS) is 11.3. The van der Waals surface area contributed by atoms with Gasteiger partial charge in [0.15, 0.2) is 5.16 Å². The number of carbonyl (C=O) groups excluding carboxylic acids is 1. The topological polar surface area (TPSA) is 115 Å². The van der Waals surface area contributed by atoms with Crippen LogP contribution in [0.5, 0.6) is 0 Å². The van der Waals surface area contributed by atoms with Crippen molar-refractivity contribution >= 4 is 39.0 Å². The number of aryl methyl sites for hydroxylation is 3. The average Bonchev–Trinajstić information content (AvgIpc) is 2.68. The fourth-order valence-electron chi connectivity index (χ4n) is 2.70. The number of thioether (sulfide) groups is 1. The first-order valence-electron chi connectivity index (χ1n) is 9.11. The molecular weight excluding hydrogens is 420 g/mol. The van der Waals surface area contributed by atoms with Crippen molar-refractivity contribution in [2.45, 2.75) is 35.7 Å². The molecule has 0 bridgehead atoms. The van der Waals surface area contributed by atoms with Crippen molar-refractivity contribution in [3.05, 3.63) is 65.4 Å². The molecule has 3 rings (SSSR count). The predicted molar refractivity (Wildman–Crippen MR) is 118 cm³/mol. The van der Waals surface area contributed by atoms with E-state index in [1.807, 2.05) is 39.0 Å². The van der Waals surface area contributed by atoms with Gasteiger partial charge in [0.25, 0.3) is 0 Å². The summed E-state index contributed by atoms with van der Waals surface area (Å²) in [7, 11) is -3.84. The summed E-state index contributed by atoms with van der Waals surface area (Å²) in [6, 6.07) is 12.3. The van der Waals surface area contributed by atoms with Crippen molar-refractivity contribution < 1.29 is 13.2 Å². The van der Waals surface area contributed by atoms with E-state index in [1.165, 1.54) is 12.3 Å². The van der Waals surface area contributed by atoms with Crippen LogP contribution < -0.4 is 11.1 Å². The largest absolute Gasteiger partial charge is 0.382 e. The van der Waals surface area contributed by atoms with Gasteiger partial charge in [-0.3, -0.25) is 4.79 Å². The van der Waals surface area contributed by atoms with Gasteiger partial charge in [0.2, 0.25) is 15.7 Å². The lowest BCUT2D eigenvalue weighted by Crippen LogP contribution is -2.14. The number of amides is 1. The summed E-state index contributed by atoms with van der Waals surface area (Å²) in [6.45, 7) is 5.69. The Balaban J connectivity index is 1.71. The van der Waals surface area contributed by atoms with Crippen molar-refractivity contribution in [2.24, 2.45) is 0 Å². The molecule has 0 fully saturated rings. The molecule has 0 aliphatic carbocycles. The molecule has 0 aliphatic heterocycles. The number of rotatable bonds is 6. The average molecular weight is 443 g/mol. The van der Waals surface area contributed by atoms with E-state index in [9.17, 15) is 13.2 Å². The highest BCUT2D eigenvalue weighted by Crippen LogP contribution is 2.27. The number of nitrogen functional groups attached to an aromatic ring is 1. The first-order chi connectivity index (χ1) is 14.2. The molecule has 156 valence electrons. The van der Waals surface area contributed by atoms with E-state index < -0.39 is 9.84 Å². The number of nitrogens with one attached hydrogen (secondary N) is 1. The van der Waals surface area contributed by atoms with Gasteiger partial charge in [0, 0.05) is 5.69 Å². The Labute approximate surface area is 180 Å². The Morgan fingerprint density at radius 2 is 1.87 bits per heavy atom. The number of nitrogens with zero attached hydrogens (tertiary/aromatic N) is 2. The van der Waals surface area contributed by atoms with Gasteiger partial charge in [-0.1, -0.05) is 30.0 Å². The van der Waals surface area contributed by atoms with Gasteiger partial charge >= 0.3 is 0 Å². The maximum absolute atomic E-state index is 12.9. The molecular formula is C21H22N4O3S2. The van der Waals surface area contributed by atoms with Crippen LogP contribution in [0.3, 0.4) is 0 Å². The molecule has 0 saturated heterocycles. The van der Waals surface area contributed by atoms with Crippen LogP contribution in [0.25, 0.3) is 0 Å². The molecule has 30 heavy (non-hydrogen) atoms. The van der Waals surface area contributed by atoms with Crippen molar-refractivity contribution in [1.29, 1.82) is 0 Å². The van der Waals surface area contributed by atoms with Gasteiger partial charge in [-0.2, -0.15) is 0 Å². The lowest BCUT2D eigenvalue weighted by atomic mass is 10.1. The SMILES string of the molecule is Cc1cccc(NC(=O)CSc2ncc(S(=O)(=O)c3ccc(C)c(C)c3)c(N)n2)c1. The van der Waals surface area contributed by atoms with Crippen molar-refractivity contribution in [3.8, 4) is 0 Å². The number of hydrogen-bond acceptors (Lipinski definition) is 7. The van der Waals surface area contributed by atoms with Crippen molar-refractivity contribution in [3.63, 3.8) is 0 Å². The molecule has 0 spiro atoms. The van der Waals surface area contributed by atoms with Crippen LogP contribution in [0.1, 0.15) is 16.7 Å². The Morgan fingerprint density at radius 3 is 2.53 bits per heavy atom. The zero-order valence-corrected chi connectivity index (χ0v) is 18.5. The summed E-state index contributed by atoms with van der Waals surface area (Å²) < 4.78 is 25.8. The maximum atomic E-state index is 12.9. The van der Waals surface area contributed by atoms with E-state index in [0.29, 0.717) is 5.69 Å². The van der Waals surface area contributed by atoms with Crippen LogP contribution in [0.15, 0.2) is 63.6 Å². The molecule has 1 amide bonds. The predicted octanol–water partition coefficient (Wildman–Crippen LogP) is 3.55. The van der Waals surface area contributed by atoms with E-state index in [0.717, 1.165) is 28.5 Å². The highest BCUT2D eigenvalue weighted by Gasteiger charge is 2.23. The van der Waals surface area contributed by atoms with Crippen LogP contribution in [0, 0.1) is 20.8 Å². The number of carbonyl (C=O) groups is 1. The monoisotopic (exact) mass is 442 g/mol. The first kappa shape index (κ1) is 21.8. The third-order valence-electron chi connectivity index (χ3n) is 4.47. The zero-order valence-electron chi connectivity index (χ0n) is 16.8. The van der Waals surface area contributed by atoms with E-state index in [-0.39, 0.29) is 32.4 Å². The molecule has 1 heterocycles. The van der Waals surface area contributed by atoms with Crippen LogP contribution in [-0.4, -0.2) is 30.0 Å². The molecule has 7 nitrogen and oxygen atoms in total. The highest BCUT2D eigenvalue weighted by atomic mass is 32.2. The molecule has 2 aromatic carbocycles. The smallest absolute Gasteiger partial charge is 0.234 e. The molecule has 0 atom stereocenters. The summed E-state index contributed by atoms with van der Waals surface area (Å²) in [5.74, 6) is -0.305. The first-order valence-corrected chi connectivity index (χ1v) is 11.6. The quantitative estimate of drug-likeness (QED) is 0.443. The van der Waals surface area contributed by atoms with Gasteiger partial charge in [-0.05, 0) is 61.7 Å². The van der Waals surface area contributed by atoms with Crippen LogP contribution >= 0.6 is 11.8 Å². The minimum atomic E-state index is -3.84. The third kappa shape index (κ3) is 4.98. The molecule has 9 heteroatoms. The summed E-state index contributed by atoms with van der Waals surface area (Å²) in [5.41, 5.74) is 9.52. The zero-order chi connectivity index (χ0) is 21.9. The molecule has 0 aliphatic rings. The summed E-state index contributed by atoms with van der Waals surface area (Å²) in [4.78, 5) is 20.3. The van der Waals surface area contributed by atoms with E-state index in [4.69, 9.17) is 5.73 Å². The van der Waals surface area contributed by atoms with Gasteiger partial charge in [0.1, 0.15) is 10.7 Å². The third-order valence-corrected chi connectivity index (χ3v) is 7.10. The summed E-state index contributed by atoms with van der Waals surface area (Å²) in [6.07, 6.45) is 1.19. The van der Waals surface area contributed by atoms with E-state index in [2.05, 4.69) is 15.3 Å². The lowest BCUT2D eigenvalue weighted by molar-refractivity contribution is -0.113. The number of benzene rings is 2. The Kier molecular flexibility index (Phi) is 6.42. The minimum absolute atomic E-state index is 0.0661. The Hall–Kier alpha value is -2.91. The summed E-state index contributed by atoms with van der Waals surface area (Å²) in [5, 5.41) is 3.02. The van der Waals surface area contributed by atoms with Gasteiger partial charge in [-0.25, -0.2) is 18.4 Å². The maximum Gasteiger partial charge on any atom is 0.234 e. The number of nitrogens with two attached hydrogens (primary N) is 1. The fraction of sp³-hybridized carbons (Fsp3) is 0.190. The second-order valence-corrected chi connectivity index (χ2v) is 9.72. The van der Waals surface area contributed by atoms with E-state index >= 15 is 0 Å². The molecule has 1 aromatic heterocycles. The minimum Gasteiger partial charge on any atom is -0.382 e. The standard InChI is InChI=1S/C21H22N4O3S2/c1-13-5-4-6-16(9-13)24-19(26)12-29-21-23-11-18(20(22)25-21)30(27,28)17-8-7-14(2)15(3)10-17/h4-11H,12H2,1-3H3,(H,24,26)(H2,22,23,25). The Bertz CT molecular complexity index is 1210. The second-order valence-electron chi connectivity index (χ2n) is 6.86. The van der Waals surface area contributed by atoms with Gasteiger partial charge in [-0.15, -0.1) is 0 Å². The number of sulfone groups is 1. The molecule has 0 saturated carbocycles. The lowest BCUT2D eigenvalue weighted by Gasteiger charge is -2.10. The number of hydrogen-bond donors (Lipinski definition) is 2. The highest BCUT2D eigenvalue weighted by molar-refractivity contribution is 7.99. The molecule has 3 aromatic rings. The van der Waals surface area contributed by atoms with Crippen LogP contribution in [-0.2, 0) is 14.6 Å². The second kappa shape index (κ2) is 8.85. The van der Waals surface area contributed by atoms with Crippen molar-refractivity contribution in [2.75, 3.05) is 16.8 Å².